The summed E-state index contributed by atoms with van der Waals surface area (Å²) in [5.41, 5.74) is -0.230. The predicted molar refractivity (Wildman–Crippen MR) is 83.6 cm³/mol. The smallest absolute Gasteiger partial charge is 0.246 e. The highest BCUT2D eigenvalue weighted by molar-refractivity contribution is 5.83. The van der Waals surface area contributed by atoms with Crippen molar-refractivity contribution in [2.75, 3.05) is 33.9 Å². The first-order valence-electron chi connectivity index (χ1n) is 8.42. The van der Waals surface area contributed by atoms with Gasteiger partial charge in [0.1, 0.15) is 0 Å². The molecule has 1 aliphatic heterocycles. The Morgan fingerprint density at radius 1 is 1.52 bits per heavy atom. The number of ether oxygens (including phenoxy) is 1. The fraction of sp³-hybridized carbons (Fsp3) is 0.812. The maximum Gasteiger partial charge on any atom is 0.246 e. The highest BCUT2D eigenvalue weighted by atomic mass is 16.5. The van der Waals surface area contributed by atoms with Crippen molar-refractivity contribution in [3.63, 3.8) is 0 Å². The molecule has 0 unspecified atom stereocenters. The van der Waals surface area contributed by atoms with E-state index in [-0.39, 0.29) is 11.3 Å². The Kier molecular flexibility index (Phi) is 4.96. The largest absolute Gasteiger partial charge is 0.384 e. The zero-order valence-corrected chi connectivity index (χ0v) is 14.0. The van der Waals surface area contributed by atoms with Crippen molar-refractivity contribution in [1.29, 1.82) is 0 Å². The molecule has 2 heterocycles. The third kappa shape index (κ3) is 3.26. The van der Waals surface area contributed by atoms with Gasteiger partial charge in [-0.25, -0.2) is 0 Å². The molecule has 2 atom stereocenters. The van der Waals surface area contributed by atoms with Gasteiger partial charge in [0.05, 0.1) is 18.6 Å². The molecule has 1 aromatic rings. The molecule has 3 rings (SSSR count). The topological polar surface area (TPSA) is 80.5 Å². The van der Waals surface area contributed by atoms with Crippen LogP contribution in [0.2, 0.25) is 0 Å². The van der Waals surface area contributed by atoms with Crippen molar-refractivity contribution >= 4 is 5.91 Å². The van der Waals surface area contributed by atoms with Crippen molar-refractivity contribution in [1.82, 2.24) is 20.4 Å². The van der Waals surface area contributed by atoms with E-state index in [4.69, 9.17) is 9.26 Å². The van der Waals surface area contributed by atoms with Crippen LogP contribution in [0.4, 0.5) is 0 Å². The summed E-state index contributed by atoms with van der Waals surface area (Å²) in [5, 5.41) is 7.35. The minimum absolute atomic E-state index is 0.212. The monoisotopic (exact) mass is 322 g/mol. The van der Waals surface area contributed by atoms with E-state index in [0.717, 1.165) is 32.4 Å². The Bertz CT molecular complexity index is 547. The standard InChI is InChI=1S/C16H26N4O3/c1-20(10-14-18-13(19-23-14)6-8-22-2)15(21)16-7-4-3-5-12(16)9-17-11-16/h12,17H,3-11H2,1-2H3/t12-,16+/m0/s1. The lowest BCUT2D eigenvalue weighted by molar-refractivity contribution is -0.144. The predicted octanol–water partition coefficient (Wildman–Crippen LogP) is 0.997. The van der Waals surface area contributed by atoms with Crippen molar-refractivity contribution in [2.24, 2.45) is 11.3 Å². The van der Waals surface area contributed by atoms with Crippen LogP contribution in [-0.2, 0) is 22.5 Å². The highest BCUT2D eigenvalue weighted by Crippen LogP contribution is 2.45. The van der Waals surface area contributed by atoms with E-state index in [1.807, 2.05) is 7.05 Å². The summed E-state index contributed by atoms with van der Waals surface area (Å²) in [4.78, 5) is 19.1. The first-order valence-corrected chi connectivity index (χ1v) is 8.42. The van der Waals surface area contributed by atoms with Crippen LogP contribution in [0.5, 0.6) is 0 Å². The fourth-order valence-electron chi connectivity index (χ4n) is 3.97. The average Bonchev–Trinajstić information content (AvgIpc) is 3.19. The van der Waals surface area contributed by atoms with Crippen molar-refractivity contribution in [3.8, 4) is 0 Å². The first kappa shape index (κ1) is 16.4. The van der Waals surface area contributed by atoms with Gasteiger partial charge < -0.3 is 19.5 Å². The molecule has 1 amide bonds. The van der Waals surface area contributed by atoms with Crippen LogP contribution in [0, 0.1) is 11.3 Å². The van der Waals surface area contributed by atoms with Crippen LogP contribution in [0.15, 0.2) is 4.52 Å². The molecule has 23 heavy (non-hydrogen) atoms. The maximum absolute atomic E-state index is 13.1. The number of nitrogens with one attached hydrogen (secondary N) is 1. The van der Waals surface area contributed by atoms with Gasteiger partial charge in [0.2, 0.25) is 11.8 Å². The summed E-state index contributed by atoms with van der Waals surface area (Å²) >= 11 is 0. The summed E-state index contributed by atoms with van der Waals surface area (Å²) in [7, 11) is 3.48. The number of hydrogen-bond acceptors (Lipinski definition) is 6. The number of rotatable bonds is 6. The van der Waals surface area contributed by atoms with Gasteiger partial charge in [0.25, 0.3) is 0 Å². The maximum atomic E-state index is 13.1. The van der Waals surface area contributed by atoms with Gasteiger partial charge in [-0.2, -0.15) is 4.98 Å². The Morgan fingerprint density at radius 3 is 3.22 bits per heavy atom. The summed E-state index contributed by atoms with van der Waals surface area (Å²) in [6, 6.07) is 0. The van der Waals surface area contributed by atoms with Crippen LogP contribution in [0.1, 0.15) is 37.4 Å². The number of carbonyl (C=O) groups is 1. The van der Waals surface area contributed by atoms with Gasteiger partial charge in [-0.05, 0) is 25.3 Å². The second kappa shape index (κ2) is 6.97. The summed E-state index contributed by atoms with van der Waals surface area (Å²) in [6.07, 6.45) is 5.12. The molecule has 0 aromatic carbocycles. The molecule has 1 aromatic heterocycles. The number of nitrogens with zero attached hydrogens (tertiary/aromatic N) is 3. The number of methoxy groups -OCH3 is 1. The van der Waals surface area contributed by atoms with Crippen LogP contribution < -0.4 is 5.32 Å². The van der Waals surface area contributed by atoms with Crippen LogP contribution in [-0.4, -0.2) is 54.8 Å². The lowest BCUT2D eigenvalue weighted by Crippen LogP contribution is -2.48. The molecule has 0 radical (unpaired) electrons. The molecule has 1 saturated carbocycles. The molecule has 0 bridgehead atoms. The normalized spacial score (nSPS) is 27.0. The molecule has 1 N–H and O–H groups in total. The van der Waals surface area contributed by atoms with Gasteiger partial charge in [-0.3, -0.25) is 4.79 Å². The van der Waals surface area contributed by atoms with E-state index in [2.05, 4.69) is 15.5 Å². The summed E-state index contributed by atoms with van der Waals surface area (Å²) < 4.78 is 10.3. The Morgan fingerprint density at radius 2 is 2.39 bits per heavy atom. The molecule has 1 aliphatic carbocycles. The van der Waals surface area contributed by atoms with E-state index >= 15 is 0 Å². The SMILES string of the molecule is COCCc1noc(CN(C)C(=O)[C@@]23CCCC[C@H]2CNC3)n1. The van der Waals surface area contributed by atoms with Crippen molar-refractivity contribution in [2.45, 2.75) is 38.6 Å². The second-order valence-corrected chi connectivity index (χ2v) is 6.74. The Hall–Kier alpha value is -1.47. The van der Waals surface area contributed by atoms with E-state index in [9.17, 15) is 4.79 Å². The Labute approximate surface area is 136 Å². The number of amides is 1. The van der Waals surface area contributed by atoms with Gasteiger partial charge in [0, 0.05) is 27.1 Å². The number of carbonyl (C=O) groups excluding carboxylic acids is 1. The zero-order valence-electron chi connectivity index (χ0n) is 14.0. The molecular weight excluding hydrogens is 296 g/mol. The number of aromatic nitrogens is 2. The third-order valence-electron chi connectivity index (χ3n) is 5.22. The van der Waals surface area contributed by atoms with Gasteiger partial charge in [-0.1, -0.05) is 18.0 Å². The molecule has 0 spiro atoms. The molecule has 2 aliphatic rings. The van der Waals surface area contributed by atoms with Gasteiger partial charge in [-0.15, -0.1) is 0 Å². The molecule has 128 valence electrons. The fourth-order valence-corrected chi connectivity index (χ4v) is 3.97. The minimum Gasteiger partial charge on any atom is -0.384 e. The summed E-state index contributed by atoms with van der Waals surface area (Å²) in [5.74, 6) is 1.79. The van der Waals surface area contributed by atoms with E-state index in [1.165, 1.54) is 6.42 Å². The summed E-state index contributed by atoms with van der Waals surface area (Å²) in [6.45, 7) is 2.68. The quantitative estimate of drug-likeness (QED) is 0.841. The lowest BCUT2D eigenvalue weighted by Gasteiger charge is -2.39. The molecule has 1 saturated heterocycles. The van der Waals surface area contributed by atoms with Gasteiger partial charge in [0.15, 0.2) is 5.82 Å². The van der Waals surface area contributed by atoms with Crippen molar-refractivity contribution < 1.29 is 14.1 Å². The van der Waals surface area contributed by atoms with Crippen LogP contribution in [0.25, 0.3) is 0 Å². The molecule has 2 fully saturated rings. The molecule has 7 heteroatoms. The van der Waals surface area contributed by atoms with Gasteiger partial charge >= 0.3 is 0 Å². The first-order chi connectivity index (χ1) is 11.2. The third-order valence-corrected chi connectivity index (χ3v) is 5.22. The lowest BCUT2D eigenvalue weighted by atomic mass is 9.67. The van der Waals surface area contributed by atoms with Crippen molar-refractivity contribution in [3.05, 3.63) is 11.7 Å². The minimum atomic E-state index is -0.230. The molecular formula is C16H26N4O3. The number of fused-ring (bicyclic) bond motifs is 1. The second-order valence-electron chi connectivity index (χ2n) is 6.74. The van der Waals surface area contributed by atoms with Crippen LogP contribution in [0.3, 0.4) is 0 Å². The number of hydrogen-bond donors (Lipinski definition) is 1. The molecule has 7 nitrogen and oxygen atoms in total. The van der Waals surface area contributed by atoms with Crippen LogP contribution >= 0.6 is 0 Å². The van der Waals surface area contributed by atoms with E-state index in [0.29, 0.717) is 37.2 Å². The highest BCUT2D eigenvalue weighted by Gasteiger charge is 2.50. The average molecular weight is 322 g/mol. The van der Waals surface area contributed by atoms with E-state index < -0.39 is 0 Å². The van der Waals surface area contributed by atoms with E-state index in [1.54, 1.807) is 12.0 Å². The zero-order chi connectivity index (χ0) is 16.3. The Balaban J connectivity index is 1.64.